The second-order valence-electron chi connectivity index (χ2n) is 6.76. The van der Waals surface area contributed by atoms with Crippen LogP contribution >= 0.6 is 0 Å². The Morgan fingerprint density at radius 3 is 2.78 bits per heavy atom. The number of likely N-dealkylation sites (tertiary alicyclic amines) is 1. The minimum atomic E-state index is -4.85. The summed E-state index contributed by atoms with van der Waals surface area (Å²) in [5, 5.41) is 13.5. The van der Waals surface area contributed by atoms with E-state index in [9.17, 15) is 18.3 Å². The fraction of sp³-hybridized carbons (Fsp3) is 0.765. The number of guanidine groups is 1. The van der Waals surface area contributed by atoms with E-state index in [-0.39, 0.29) is 6.54 Å². The van der Waals surface area contributed by atoms with Crippen LogP contribution < -0.4 is 5.32 Å². The molecule has 2 rings (SSSR count). The summed E-state index contributed by atoms with van der Waals surface area (Å²) < 4.78 is 47.1. The average Bonchev–Trinajstić information content (AvgIpc) is 3.22. The fourth-order valence-corrected chi connectivity index (χ4v) is 3.29. The Morgan fingerprint density at radius 2 is 2.22 bits per heavy atom. The van der Waals surface area contributed by atoms with Gasteiger partial charge in [-0.1, -0.05) is 0 Å². The Morgan fingerprint density at radius 1 is 1.48 bits per heavy atom. The molecular formula is C17H28F3N5O2. The molecule has 0 amide bonds. The minimum Gasteiger partial charge on any atom is -0.384 e. The van der Waals surface area contributed by atoms with Crippen molar-refractivity contribution in [3.8, 4) is 0 Å². The second kappa shape index (κ2) is 8.92. The third-order valence-corrected chi connectivity index (χ3v) is 4.72. The summed E-state index contributed by atoms with van der Waals surface area (Å²) in [5.41, 5.74) is -3.05. The molecule has 2 heterocycles. The minimum absolute atomic E-state index is 0.184. The Bertz CT molecular complexity index is 634. The molecule has 1 aliphatic heterocycles. The molecule has 1 saturated heterocycles. The van der Waals surface area contributed by atoms with Gasteiger partial charge in [0.2, 0.25) is 5.60 Å². The molecule has 0 aliphatic carbocycles. The molecular weight excluding hydrogens is 363 g/mol. The molecule has 10 heteroatoms. The van der Waals surface area contributed by atoms with Gasteiger partial charge in [0, 0.05) is 65.1 Å². The topological polar surface area (TPSA) is 74.9 Å². The number of hydrogen-bond donors (Lipinski definition) is 2. The van der Waals surface area contributed by atoms with Gasteiger partial charge in [-0.3, -0.25) is 4.99 Å². The molecule has 1 aliphatic rings. The maximum Gasteiger partial charge on any atom is 0.424 e. The highest BCUT2D eigenvalue weighted by Crippen LogP contribution is 2.40. The van der Waals surface area contributed by atoms with Gasteiger partial charge < -0.3 is 24.6 Å². The number of rotatable bonds is 7. The van der Waals surface area contributed by atoms with E-state index >= 15 is 0 Å². The molecule has 0 bridgehead atoms. The van der Waals surface area contributed by atoms with E-state index in [2.05, 4.69) is 15.3 Å². The van der Waals surface area contributed by atoms with Gasteiger partial charge in [0.05, 0.1) is 6.61 Å². The standard InChI is InChI=1S/C17H28F3N5O2/c1-4-21-15(25-9-5-13(11-25)12-27-3)23-7-6-16(26,17(18,19)20)14-22-8-10-24(14)2/h8,10,13,26H,4-7,9,11-12H2,1-3H3,(H,21,23). The van der Waals surface area contributed by atoms with Crippen molar-refractivity contribution in [1.82, 2.24) is 19.8 Å². The molecule has 0 spiro atoms. The molecule has 0 saturated carbocycles. The number of aliphatic imine (C=N–C) groups is 1. The van der Waals surface area contributed by atoms with Gasteiger partial charge in [-0.25, -0.2) is 4.98 Å². The van der Waals surface area contributed by atoms with Crippen LogP contribution in [0.4, 0.5) is 13.2 Å². The molecule has 2 N–H and O–H groups in total. The number of nitrogens with zero attached hydrogens (tertiary/aromatic N) is 4. The highest BCUT2D eigenvalue weighted by atomic mass is 19.4. The Labute approximate surface area is 157 Å². The predicted octanol–water partition coefficient (Wildman–Crippen LogP) is 1.49. The van der Waals surface area contributed by atoms with Crippen LogP contribution in [0.3, 0.4) is 0 Å². The normalized spacial score (nSPS) is 20.8. The Balaban J connectivity index is 2.11. The lowest BCUT2D eigenvalue weighted by atomic mass is 9.98. The van der Waals surface area contributed by atoms with Gasteiger partial charge in [-0.05, 0) is 13.3 Å². The highest BCUT2D eigenvalue weighted by molar-refractivity contribution is 5.80. The molecule has 1 fully saturated rings. The van der Waals surface area contributed by atoms with Gasteiger partial charge >= 0.3 is 6.18 Å². The van der Waals surface area contributed by atoms with E-state index in [1.807, 2.05) is 11.8 Å². The summed E-state index contributed by atoms with van der Waals surface area (Å²) in [6.07, 6.45) is -1.90. The smallest absolute Gasteiger partial charge is 0.384 e. The zero-order chi connectivity index (χ0) is 20.1. The van der Waals surface area contributed by atoms with Crippen LogP contribution in [0.5, 0.6) is 0 Å². The van der Waals surface area contributed by atoms with E-state index in [0.29, 0.717) is 25.0 Å². The first-order valence-electron chi connectivity index (χ1n) is 9.02. The fourth-order valence-electron chi connectivity index (χ4n) is 3.29. The van der Waals surface area contributed by atoms with Crippen molar-refractivity contribution < 1.29 is 23.0 Å². The number of aromatic nitrogens is 2. The number of hydrogen-bond acceptors (Lipinski definition) is 4. The van der Waals surface area contributed by atoms with Crippen molar-refractivity contribution >= 4 is 5.96 Å². The van der Waals surface area contributed by atoms with Crippen LogP contribution in [0.15, 0.2) is 17.4 Å². The van der Waals surface area contributed by atoms with Crippen LogP contribution in [-0.4, -0.2) is 71.6 Å². The highest BCUT2D eigenvalue weighted by Gasteiger charge is 2.57. The zero-order valence-corrected chi connectivity index (χ0v) is 16.0. The van der Waals surface area contributed by atoms with Gasteiger partial charge in [0.1, 0.15) is 5.82 Å². The second-order valence-corrected chi connectivity index (χ2v) is 6.76. The molecule has 2 unspecified atom stereocenters. The maximum atomic E-state index is 13.6. The average molecular weight is 391 g/mol. The number of nitrogens with one attached hydrogen (secondary N) is 1. The zero-order valence-electron chi connectivity index (χ0n) is 16.0. The number of imidazole rings is 1. The van der Waals surface area contributed by atoms with Crippen molar-refractivity contribution in [2.75, 3.05) is 39.9 Å². The lowest BCUT2D eigenvalue weighted by Crippen LogP contribution is -2.45. The summed E-state index contributed by atoms with van der Waals surface area (Å²) in [6, 6.07) is 0. The lowest BCUT2D eigenvalue weighted by molar-refractivity contribution is -0.272. The first-order valence-corrected chi connectivity index (χ1v) is 9.02. The molecule has 2 atom stereocenters. The molecule has 1 aromatic rings. The number of aliphatic hydroxyl groups is 1. The van der Waals surface area contributed by atoms with Crippen LogP contribution in [0.25, 0.3) is 0 Å². The van der Waals surface area contributed by atoms with E-state index in [1.165, 1.54) is 24.0 Å². The van der Waals surface area contributed by atoms with Crippen molar-refractivity contribution in [1.29, 1.82) is 0 Å². The SMILES string of the molecule is CCNC(=NCCC(O)(c1nccn1C)C(F)(F)F)N1CCC(COC)C1. The van der Waals surface area contributed by atoms with Gasteiger partial charge in [0.25, 0.3) is 0 Å². The molecule has 0 radical (unpaired) electrons. The van der Waals surface area contributed by atoms with Crippen LogP contribution in [0.1, 0.15) is 25.6 Å². The predicted molar refractivity (Wildman–Crippen MR) is 95.3 cm³/mol. The molecule has 1 aromatic heterocycles. The first kappa shape index (κ1) is 21.5. The number of ether oxygens (including phenoxy) is 1. The quantitative estimate of drug-likeness (QED) is 0.544. The van der Waals surface area contributed by atoms with Crippen molar-refractivity contribution in [2.24, 2.45) is 18.0 Å². The third kappa shape index (κ3) is 4.92. The van der Waals surface area contributed by atoms with E-state index in [0.717, 1.165) is 19.5 Å². The summed E-state index contributed by atoms with van der Waals surface area (Å²) in [6.45, 7) is 4.47. The van der Waals surface area contributed by atoms with Gasteiger partial charge in [0.15, 0.2) is 5.96 Å². The number of halogens is 3. The van der Waals surface area contributed by atoms with Crippen LogP contribution in [0.2, 0.25) is 0 Å². The van der Waals surface area contributed by atoms with Gasteiger partial charge in [-0.2, -0.15) is 13.2 Å². The summed E-state index contributed by atoms with van der Waals surface area (Å²) in [4.78, 5) is 10.0. The van der Waals surface area contributed by atoms with Gasteiger partial charge in [-0.15, -0.1) is 0 Å². The number of methoxy groups -OCH3 is 1. The maximum absolute atomic E-state index is 13.6. The summed E-state index contributed by atoms with van der Waals surface area (Å²) in [7, 11) is 3.07. The molecule has 154 valence electrons. The molecule has 7 nitrogen and oxygen atoms in total. The monoisotopic (exact) mass is 391 g/mol. The van der Waals surface area contributed by atoms with Crippen LogP contribution in [0, 0.1) is 5.92 Å². The third-order valence-electron chi connectivity index (χ3n) is 4.72. The van der Waals surface area contributed by atoms with E-state index < -0.39 is 24.0 Å². The first-order chi connectivity index (χ1) is 12.7. The molecule has 0 aromatic carbocycles. The number of alkyl halides is 3. The van der Waals surface area contributed by atoms with E-state index in [1.54, 1.807) is 7.11 Å². The van der Waals surface area contributed by atoms with Crippen molar-refractivity contribution in [2.45, 2.75) is 31.5 Å². The Kier molecular flexibility index (Phi) is 7.10. The Hall–Kier alpha value is -1.81. The molecule has 27 heavy (non-hydrogen) atoms. The summed E-state index contributed by atoms with van der Waals surface area (Å²) in [5.74, 6) is 0.496. The largest absolute Gasteiger partial charge is 0.424 e. The van der Waals surface area contributed by atoms with Crippen molar-refractivity contribution in [3.05, 3.63) is 18.2 Å². The lowest BCUT2D eigenvalue weighted by Gasteiger charge is -2.29. The van der Waals surface area contributed by atoms with E-state index in [4.69, 9.17) is 4.74 Å². The number of aryl methyl sites for hydroxylation is 1. The van der Waals surface area contributed by atoms with Crippen molar-refractivity contribution in [3.63, 3.8) is 0 Å². The van der Waals surface area contributed by atoms with Crippen LogP contribution in [-0.2, 0) is 17.4 Å². The summed E-state index contributed by atoms with van der Waals surface area (Å²) >= 11 is 0.